The first-order chi connectivity index (χ1) is 9.28. The van der Waals surface area contributed by atoms with E-state index in [4.69, 9.17) is 0 Å². The van der Waals surface area contributed by atoms with Gasteiger partial charge in [-0.05, 0) is 37.4 Å². The van der Waals surface area contributed by atoms with Gasteiger partial charge in [-0.2, -0.15) is 0 Å². The molecule has 1 atom stereocenters. The number of aromatic nitrogens is 2. The van der Waals surface area contributed by atoms with Gasteiger partial charge in [-0.15, -0.1) is 11.3 Å². The number of fused-ring (bicyclic) bond motifs is 1. The molecule has 0 aromatic carbocycles. The van der Waals surface area contributed by atoms with E-state index < -0.39 is 0 Å². The monoisotopic (exact) mass is 275 g/mol. The van der Waals surface area contributed by atoms with Crippen molar-refractivity contribution < 1.29 is 0 Å². The van der Waals surface area contributed by atoms with Gasteiger partial charge < -0.3 is 9.88 Å². The zero-order valence-corrected chi connectivity index (χ0v) is 12.5. The van der Waals surface area contributed by atoms with E-state index in [1.807, 2.05) is 23.7 Å². The van der Waals surface area contributed by atoms with Crippen LogP contribution in [-0.4, -0.2) is 16.1 Å². The molecule has 3 nitrogen and oxygen atoms in total. The van der Waals surface area contributed by atoms with Crippen LogP contribution in [0.15, 0.2) is 18.5 Å². The molecular weight excluding hydrogens is 254 g/mol. The first kappa shape index (κ1) is 12.9. The molecule has 3 rings (SSSR count). The smallest absolute Gasteiger partial charge is 0.110 e. The van der Waals surface area contributed by atoms with Crippen LogP contribution in [0.2, 0.25) is 0 Å². The van der Waals surface area contributed by atoms with Crippen LogP contribution in [0.1, 0.15) is 40.5 Å². The van der Waals surface area contributed by atoms with Gasteiger partial charge in [-0.1, -0.05) is 6.92 Å². The molecule has 2 aromatic heterocycles. The van der Waals surface area contributed by atoms with Gasteiger partial charge in [0.1, 0.15) is 5.82 Å². The SMILES string of the molecule is CCNC(Cc1nccn1C)c1cc2c(s1)CCC2. The lowest BCUT2D eigenvalue weighted by Crippen LogP contribution is -2.23. The maximum Gasteiger partial charge on any atom is 0.110 e. The molecule has 102 valence electrons. The summed E-state index contributed by atoms with van der Waals surface area (Å²) in [6, 6.07) is 2.82. The summed E-state index contributed by atoms with van der Waals surface area (Å²) in [6.45, 7) is 3.17. The van der Waals surface area contributed by atoms with E-state index in [0.717, 1.165) is 18.8 Å². The van der Waals surface area contributed by atoms with Crippen molar-refractivity contribution in [3.05, 3.63) is 39.6 Å². The number of hydrogen-bond acceptors (Lipinski definition) is 3. The molecular formula is C15H21N3S. The third kappa shape index (κ3) is 2.60. The van der Waals surface area contributed by atoms with Crippen LogP contribution in [0.25, 0.3) is 0 Å². The second kappa shape index (κ2) is 5.47. The van der Waals surface area contributed by atoms with Gasteiger partial charge in [0, 0.05) is 41.7 Å². The van der Waals surface area contributed by atoms with Crippen LogP contribution in [0.3, 0.4) is 0 Å². The van der Waals surface area contributed by atoms with E-state index in [1.165, 1.54) is 24.1 Å². The highest BCUT2D eigenvalue weighted by molar-refractivity contribution is 7.12. The molecule has 0 bridgehead atoms. The Morgan fingerprint density at radius 3 is 3.05 bits per heavy atom. The van der Waals surface area contributed by atoms with Crippen LogP contribution in [0.4, 0.5) is 0 Å². The molecule has 19 heavy (non-hydrogen) atoms. The molecule has 1 unspecified atom stereocenters. The third-order valence-electron chi connectivity index (χ3n) is 3.87. The summed E-state index contributed by atoms with van der Waals surface area (Å²) in [6.07, 6.45) is 8.76. The second-order valence-corrected chi connectivity index (χ2v) is 6.39. The lowest BCUT2D eigenvalue weighted by molar-refractivity contribution is 0.536. The molecule has 0 spiro atoms. The lowest BCUT2D eigenvalue weighted by atomic mass is 10.1. The summed E-state index contributed by atoms with van der Waals surface area (Å²) in [5.74, 6) is 1.15. The Hall–Kier alpha value is -1.13. The summed E-state index contributed by atoms with van der Waals surface area (Å²) >= 11 is 2.00. The highest BCUT2D eigenvalue weighted by Gasteiger charge is 2.21. The average Bonchev–Trinajstić information content (AvgIpc) is 3.04. The first-order valence-electron chi connectivity index (χ1n) is 7.09. The Labute approximate surface area is 118 Å². The molecule has 2 heterocycles. The lowest BCUT2D eigenvalue weighted by Gasteiger charge is -2.16. The Balaban J connectivity index is 1.81. The number of aryl methyl sites for hydroxylation is 3. The summed E-state index contributed by atoms with van der Waals surface area (Å²) in [7, 11) is 2.07. The Morgan fingerprint density at radius 1 is 1.47 bits per heavy atom. The average molecular weight is 275 g/mol. The van der Waals surface area contributed by atoms with Crippen molar-refractivity contribution in [1.82, 2.24) is 14.9 Å². The molecule has 0 amide bonds. The van der Waals surface area contributed by atoms with E-state index in [-0.39, 0.29) is 0 Å². The number of rotatable bonds is 5. The fourth-order valence-corrected chi connectivity index (χ4v) is 4.15. The van der Waals surface area contributed by atoms with Crippen molar-refractivity contribution in [2.75, 3.05) is 6.54 Å². The Bertz CT molecular complexity index is 534. The normalized spacial score (nSPS) is 15.7. The van der Waals surface area contributed by atoms with Crippen molar-refractivity contribution in [3.63, 3.8) is 0 Å². The molecule has 1 aliphatic rings. The highest BCUT2D eigenvalue weighted by atomic mass is 32.1. The van der Waals surface area contributed by atoms with Gasteiger partial charge in [0.05, 0.1) is 0 Å². The zero-order chi connectivity index (χ0) is 13.2. The minimum atomic E-state index is 0.404. The molecule has 0 saturated heterocycles. The number of imidazole rings is 1. The molecule has 0 aliphatic heterocycles. The molecule has 1 N–H and O–H groups in total. The minimum Gasteiger partial charge on any atom is -0.338 e. The number of nitrogens with one attached hydrogen (secondary N) is 1. The highest BCUT2D eigenvalue weighted by Crippen LogP contribution is 2.34. The van der Waals surface area contributed by atoms with Gasteiger partial charge >= 0.3 is 0 Å². The fourth-order valence-electron chi connectivity index (χ4n) is 2.82. The summed E-state index contributed by atoms with van der Waals surface area (Å²) < 4.78 is 2.12. The van der Waals surface area contributed by atoms with Crippen molar-refractivity contribution in [3.8, 4) is 0 Å². The summed E-state index contributed by atoms with van der Waals surface area (Å²) in [5.41, 5.74) is 1.59. The topological polar surface area (TPSA) is 29.9 Å². The van der Waals surface area contributed by atoms with Crippen LogP contribution < -0.4 is 5.32 Å². The van der Waals surface area contributed by atoms with Crippen LogP contribution in [0, 0.1) is 0 Å². The minimum absolute atomic E-state index is 0.404. The van der Waals surface area contributed by atoms with E-state index in [1.54, 1.807) is 10.4 Å². The van der Waals surface area contributed by atoms with Gasteiger partial charge in [0.25, 0.3) is 0 Å². The van der Waals surface area contributed by atoms with Gasteiger partial charge in [-0.3, -0.25) is 0 Å². The van der Waals surface area contributed by atoms with E-state index in [9.17, 15) is 0 Å². The Kier molecular flexibility index (Phi) is 3.71. The summed E-state index contributed by atoms with van der Waals surface area (Å²) in [4.78, 5) is 7.54. The third-order valence-corrected chi connectivity index (χ3v) is 5.22. The van der Waals surface area contributed by atoms with Crippen LogP contribution in [-0.2, 0) is 26.3 Å². The zero-order valence-electron chi connectivity index (χ0n) is 11.6. The standard InChI is InChI=1S/C15H21N3S/c1-3-16-12(10-15-17-7-8-18(15)2)14-9-11-5-4-6-13(11)19-14/h7-9,12,16H,3-6,10H2,1-2H3. The first-order valence-corrected chi connectivity index (χ1v) is 7.90. The van der Waals surface area contributed by atoms with Crippen molar-refractivity contribution in [2.24, 2.45) is 7.05 Å². The fraction of sp³-hybridized carbons (Fsp3) is 0.533. The number of hydrogen-bond donors (Lipinski definition) is 1. The molecule has 0 fully saturated rings. The van der Waals surface area contributed by atoms with Crippen molar-refractivity contribution in [1.29, 1.82) is 0 Å². The van der Waals surface area contributed by atoms with Gasteiger partial charge in [-0.25, -0.2) is 4.98 Å². The van der Waals surface area contributed by atoms with E-state index in [0.29, 0.717) is 6.04 Å². The van der Waals surface area contributed by atoms with Gasteiger partial charge in [0.2, 0.25) is 0 Å². The number of thiophene rings is 1. The Morgan fingerprint density at radius 2 is 2.37 bits per heavy atom. The van der Waals surface area contributed by atoms with Gasteiger partial charge in [0.15, 0.2) is 0 Å². The largest absolute Gasteiger partial charge is 0.338 e. The predicted molar refractivity (Wildman–Crippen MR) is 79.7 cm³/mol. The van der Waals surface area contributed by atoms with Crippen molar-refractivity contribution >= 4 is 11.3 Å². The molecule has 1 aliphatic carbocycles. The van der Waals surface area contributed by atoms with Crippen LogP contribution in [0.5, 0.6) is 0 Å². The second-order valence-electron chi connectivity index (χ2n) is 5.22. The molecule has 0 radical (unpaired) electrons. The molecule has 2 aromatic rings. The quantitative estimate of drug-likeness (QED) is 0.909. The molecule has 0 saturated carbocycles. The van der Waals surface area contributed by atoms with E-state index in [2.05, 4.69) is 34.9 Å². The van der Waals surface area contributed by atoms with Crippen LogP contribution >= 0.6 is 11.3 Å². The maximum absolute atomic E-state index is 4.45. The predicted octanol–water partition coefficient (Wildman–Crippen LogP) is 2.86. The summed E-state index contributed by atoms with van der Waals surface area (Å²) in [5, 5.41) is 3.61. The van der Waals surface area contributed by atoms with Crippen molar-refractivity contribution in [2.45, 2.75) is 38.6 Å². The van der Waals surface area contributed by atoms with E-state index >= 15 is 0 Å². The molecule has 4 heteroatoms. The maximum atomic E-state index is 4.45. The number of nitrogens with zero attached hydrogens (tertiary/aromatic N) is 2. The number of likely N-dealkylation sites (N-methyl/N-ethyl adjacent to an activating group) is 1.